The highest BCUT2D eigenvalue weighted by molar-refractivity contribution is 9.10. The molecule has 0 aliphatic heterocycles. The summed E-state index contributed by atoms with van der Waals surface area (Å²) in [5, 5.41) is 0.768. The van der Waals surface area contributed by atoms with Crippen LogP contribution in [-0.4, -0.2) is 28.7 Å². The third-order valence-corrected chi connectivity index (χ3v) is 5.79. The summed E-state index contributed by atoms with van der Waals surface area (Å²) in [6.45, 7) is 2.97. The predicted octanol–water partition coefficient (Wildman–Crippen LogP) is 5.84. The lowest BCUT2D eigenvalue weighted by Gasteiger charge is -2.13. The number of anilines is 1. The summed E-state index contributed by atoms with van der Waals surface area (Å²) in [7, 11) is 1.74. The van der Waals surface area contributed by atoms with E-state index >= 15 is 0 Å². The number of benzene rings is 2. The van der Waals surface area contributed by atoms with Gasteiger partial charge in [0.15, 0.2) is 5.65 Å². The van der Waals surface area contributed by atoms with Gasteiger partial charge >= 0.3 is 0 Å². The van der Waals surface area contributed by atoms with Gasteiger partial charge in [0.2, 0.25) is 0 Å². The lowest BCUT2D eigenvalue weighted by atomic mass is 9.95. The number of halogens is 1. The average Bonchev–Trinajstić information content (AvgIpc) is 2.77. The van der Waals surface area contributed by atoms with E-state index in [2.05, 4.69) is 75.3 Å². The summed E-state index contributed by atoms with van der Waals surface area (Å²) >= 11 is 3.56. The highest BCUT2D eigenvalue weighted by Gasteiger charge is 2.14. The molecular formula is C24H23BrN4O. The van der Waals surface area contributed by atoms with Crippen LogP contribution in [0.15, 0.2) is 65.4 Å². The fourth-order valence-electron chi connectivity index (χ4n) is 3.56. The van der Waals surface area contributed by atoms with Crippen molar-refractivity contribution in [3.63, 3.8) is 0 Å². The number of nitrogens with zero attached hydrogens (tertiary/aromatic N) is 3. The third kappa shape index (κ3) is 4.20. The van der Waals surface area contributed by atoms with Crippen LogP contribution in [0.25, 0.3) is 33.4 Å². The van der Waals surface area contributed by atoms with Crippen LogP contribution in [0.1, 0.15) is 24.8 Å². The minimum atomic E-state index is 0.427. The maximum Gasteiger partial charge on any atom is 0.165 e. The first-order valence-corrected chi connectivity index (χ1v) is 10.6. The van der Waals surface area contributed by atoms with Crippen molar-refractivity contribution < 1.29 is 4.74 Å². The van der Waals surface area contributed by atoms with Crippen molar-refractivity contribution in [2.45, 2.75) is 19.3 Å². The van der Waals surface area contributed by atoms with Crippen molar-refractivity contribution in [3.05, 3.63) is 71.0 Å². The van der Waals surface area contributed by atoms with E-state index in [1.165, 1.54) is 11.9 Å². The monoisotopic (exact) mass is 462 g/mol. The number of nitrogens with two attached hydrogens (primary N) is 1. The zero-order chi connectivity index (χ0) is 21.1. The Morgan fingerprint density at radius 1 is 1.03 bits per heavy atom. The van der Waals surface area contributed by atoms with Gasteiger partial charge in [-0.05, 0) is 47.2 Å². The highest BCUT2D eigenvalue weighted by atomic mass is 79.9. The van der Waals surface area contributed by atoms with Gasteiger partial charge in [-0.15, -0.1) is 0 Å². The van der Waals surface area contributed by atoms with Gasteiger partial charge in [-0.1, -0.05) is 59.3 Å². The van der Waals surface area contributed by atoms with Gasteiger partial charge in [-0.25, -0.2) is 15.0 Å². The summed E-state index contributed by atoms with van der Waals surface area (Å²) in [6, 6.07) is 18.7. The molecule has 2 N–H and O–H groups in total. The molecule has 0 saturated carbocycles. The molecule has 2 aromatic heterocycles. The maximum atomic E-state index is 6.20. The summed E-state index contributed by atoms with van der Waals surface area (Å²) in [6.07, 6.45) is 2.45. The fourth-order valence-corrected chi connectivity index (χ4v) is 3.96. The van der Waals surface area contributed by atoms with E-state index in [0.29, 0.717) is 17.4 Å². The van der Waals surface area contributed by atoms with Crippen LogP contribution < -0.4 is 5.73 Å². The van der Waals surface area contributed by atoms with E-state index in [-0.39, 0.29) is 0 Å². The number of methoxy groups -OCH3 is 1. The summed E-state index contributed by atoms with van der Waals surface area (Å²) in [4.78, 5) is 13.3. The Labute approximate surface area is 184 Å². The lowest BCUT2D eigenvalue weighted by Crippen LogP contribution is -2.00. The van der Waals surface area contributed by atoms with Crippen LogP contribution in [0.2, 0.25) is 0 Å². The van der Waals surface area contributed by atoms with Gasteiger partial charge in [0.1, 0.15) is 12.1 Å². The summed E-state index contributed by atoms with van der Waals surface area (Å²) in [5.41, 5.74) is 12.0. The molecule has 1 atom stereocenters. The Hall–Kier alpha value is -2.83. The zero-order valence-corrected chi connectivity index (χ0v) is 18.6. The molecule has 0 bridgehead atoms. The van der Waals surface area contributed by atoms with Gasteiger partial charge < -0.3 is 10.5 Å². The summed E-state index contributed by atoms with van der Waals surface area (Å²) < 4.78 is 6.20. The number of aromatic nitrogens is 3. The number of hydrogen-bond acceptors (Lipinski definition) is 5. The molecule has 30 heavy (non-hydrogen) atoms. The van der Waals surface area contributed by atoms with Crippen molar-refractivity contribution in [2.24, 2.45) is 0 Å². The largest absolute Gasteiger partial charge is 0.385 e. The molecule has 0 saturated heterocycles. The minimum absolute atomic E-state index is 0.427. The van der Waals surface area contributed by atoms with E-state index in [1.807, 2.05) is 12.1 Å². The van der Waals surface area contributed by atoms with Gasteiger partial charge in [0.25, 0.3) is 0 Å². The Morgan fingerprint density at radius 3 is 2.57 bits per heavy atom. The highest BCUT2D eigenvalue weighted by Crippen LogP contribution is 2.35. The van der Waals surface area contributed by atoms with E-state index in [1.54, 1.807) is 7.11 Å². The Morgan fingerprint density at radius 2 is 1.83 bits per heavy atom. The number of fused-ring (bicyclic) bond motifs is 1. The Kier molecular flexibility index (Phi) is 6.06. The van der Waals surface area contributed by atoms with Crippen LogP contribution >= 0.6 is 15.9 Å². The minimum Gasteiger partial charge on any atom is -0.385 e. The molecule has 2 heterocycles. The van der Waals surface area contributed by atoms with Crippen molar-refractivity contribution in [1.29, 1.82) is 0 Å². The zero-order valence-electron chi connectivity index (χ0n) is 17.0. The first-order valence-electron chi connectivity index (χ1n) is 9.83. The van der Waals surface area contributed by atoms with Gasteiger partial charge in [-0.3, -0.25) is 0 Å². The van der Waals surface area contributed by atoms with Crippen molar-refractivity contribution in [3.8, 4) is 22.4 Å². The first-order chi connectivity index (χ1) is 14.6. The molecule has 0 spiro atoms. The van der Waals surface area contributed by atoms with Crippen molar-refractivity contribution in [2.75, 3.05) is 19.5 Å². The van der Waals surface area contributed by atoms with E-state index in [9.17, 15) is 0 Å². The number of nitrogen functional groups attached to an aromatic ring is 1. The van der Waals surface area contributed by atoms with Crippen LogP contribution in [0.4, 0.5) is 5.82 Å². The normalized spacial score (nSPS) is 12.2. The Balaban J connectivity index is 1.81. The molecule has 0 fully saturated rings. The molecule has 0 radical (unpaired) electrons. The topological polar surface area (TPSA) is 73.9 Å². The second kappa shape index (κ2) is 8.90. The predicted molar refractivity (Wildman–Crippen MR) is 125 cm³/mol. The molecule has 4 aromatic rings. The number of pyridine rings is 1. The van der Waals surface area contributed by atoms with Crippen molar-refractivity contribution in [1.82, 2.24) is 15.0 Å². The third-order valence-electron chi connectivity index (χ3n) is 5.30. The molecule has 152 valence electrons. The summed E-state index contributed by atoms with van der Waals surface area (Å²) in [5.74, 6) is 0.865. The Bertz CT molecular complexity index is 1180. The molecule has 1 unspecified atom stereocenters. The average molecular weight is 463 g/mol. The van der Waals surface area contributed by atoms with Gasteiger partial charge in [0, 0.05) is 23.8 Å². The molecule has 5 nitrogen and oxygen atoms in total. The second-order valence-electron chi connectivity index (χ2n) is 7.33. The van der Waals surface area contributed by atoms with Crippen LogP contribution in [0, 0.1) is 0 Å². The van der Waals surface area contributed by atoms with Crippen LogP contribution in [0.3, 0.4) is 0 Å². The smallest absolute Gasteiger partial charge is 0.165 e. The molecule has 0 aliphatic rings. The quantitative estimate of drug-likeness (QED) is 0.389. The molecule has 4 rings (SSSR count). The second-order valence-corrected chi connectivity index (χ2v) is 8.24. The first kappa shape index (κ1) is 20.4. The molecular weight excluding hydrogens is 440 g/mol. The fraction of sp³-hybridized carbons (Fsp3) is 0.208. The molecule has 0 aliphatic carbocycles. The number of hydrogen-bond donors (Lipinski definition) is 1. The van der Waals surface area contributed by atoms with Gasteiger partial charge in [0.05, 0.1) is 11.1 Å². The van der Waals surface area contributed by atoms with E-state index < -0.39 is 0 Å². The molecule has 0 amide bonds. The molecule has 6 heteroatoms. The standard InChI is InChI=1S/C24H23BrN4O/c1-15(10-11-30-2)16-6-8-17(9-7-16)21-13-20(18-4-3-5-19(25)12-18)22-23(26)27-14-28-24(22)29-21/h3-9,12-15H,10-11H2,1-2H3,(H2,26,27,28,29). The van der Waals surface area contributed by atoms with Crippen LogP contribution in [0.5, 0.6) is 0 Å². The number of ether oxygens (including phenoxy) is 1. The molecule has 2 aromatic carbocycles. The van der Waals surface area contributed by atoms with Crippen LogP contribution in [-0.2, 0) is 4.74 Å². The van der Waals surface area contributed by atoms with Crippen molar-refractivity contribution >= 4 is 32.8 Å². The lowest BCUT2D eigenvalue weighted by molar-refractivity contribution is 0.189. The number of rotatable bonds is 6. The van der Waals surface area contributed by atoms with E-state index in [4.69, 9.17) is 15.5 Å². The SMILES string of the molecule is COCCC(C)c1ccc(-c2cc(-c3cccc(Br)c3)c3c(N)ncnc3n2)cc1. The van der Waals surface area contributed by atoms with E-state index in [0.717, 1.165) is 45.3 Å². The van der Waals surface area contributed by atoms with Gasteiger partial charge in [-0.2, -0.15) is 0 Å². The maximum absolute atomic E-state index is 6.20.